The smallest absolute Gasteiger partial charge is 0.408 e. The lowest BCUT2D eigenvalue weighted by atomic mass is 9.84. The summed E-state index contributed by atoms with van der Waals surface area (Å²) in [5.41, 5.74) is 4.06. The van der Waals surface area contributed by atoms with Crippen LogP contribution in [0.5, 0.6) is 0 Å². The summed E-state index contributed by atoms with van der Waals surface area (Å²) in [5.74, 6) is -1.53. The van der Waals surface area contributed by atoms with Crippen LogP contribution >= 0.6 is 0 Å². The summed E-state index contributed by atoms with van der Waals surface area (Å²) in [4.78, 5) is 31.0. The molecule has 3 aromatic carbocycles. The Morgan fingerprint density at radius 3 is 1.90 bits per heavy atom. The van der Waals surface area contributed by atoms with Crippen molar-refractivity contribution < 1.29 is 18.7 Å². The summed E-state index contributed by atoms with van der Waals surface area (Å²) in [5, 5.41) is 5.60. The van der Waals surface area contributed by atoms with E-state index in [1.165, 1.54) is 6.07 Å². The molecule has 0 bridgehead atoms. The number of ether oxygens (including phenoxy) is 1. The molecule has 0 spiro atoms. The van der Waals surface area contributed by atoms with Gasteiger partial charge in [0.15, 0.2) is 0 Å². The second-order valence-electron chi connectivity index (χ2n) is 10.8. The van der Waals surface area contributed by atoms with Gasteiger partial charge in [-0.05, 0) is 80.6 Å². The molecule has 0 saturated heterocycles. The van der Waals surface area contributed by atoms with Gasteiger partial charge in [-0.2, -0.15) is 0 Å². The first-order chi connectivity index (χ1) is 19.0. The molecule has 7 heteroatoms. The highest BCUT2D eigenvalue weighted by atomic mass is 19.1. The minimum absolute atomic E-state index is 0.270. The number of carbonyl (C=O) groups excluding carboxylic acids is 2. The Hall–Kier alpha value is -4.52. The van der Waals surface area contributed by atoms with Crippen molar-refractivity contribution in [2.45, 2.75) is 52.2 Å². The molecule has 0 fully saturated rings. The molecule has 0 aliphatic heterocycles. The average Bonchev–Trinajstić information content (AvgIpc) is 2.89. The summed E-state index contributed by atoms with van der Waals surface area (Å²) in [6.45, 7) is 9.02. The number of aromatic nitrogens is 1. The van der Waals surface area contributed by atoms with Gasteiger partial charge >= 0.3 is 6.09 Å². The minimum atomic E-state index is -1.06. The Kier molecular flexibility index (Phi) is 8.63. The van der Waals surface area contributed by atoms with Gasteiger partial charge in [0.25, 0.3) is 0 Å². The van der Waals surface area contributed by atoms with Crippen LogP contribution in [0.1, 0.15) is 48.9 Å². The molecule has 0 unspecified atom stereocenters. The van der Waals surface area contributed by atoms with Crippen LogP contribution < -0.4 is 10.6 Å². The summed E-state index contributed by atoms with van der Waals surface area (Å²) in [6.07, 6.45) is 2.66. The van der Waals surface area contributed by atoms with Crippen LogP contribution in [0.25, 0.3) is 11.1 Å². The summed E-state index contributed by atoms with van der Waals surface area (Å²) < 4.78 is 20.9. The molecule has 4 rings (SSSR count). The van der Waals surface area contributed by atoms with Crippen molar-refractivity contribution in [2.24, 2.45) is 0 Å². The topological polar surface area (TPSA) is 80.3 Å². The molecule has 2 N–H and O–H groups in total. The highest BCUT2D eigenvalue weighted by Crippen LogP contribution is 2.32. The number of anilines is 1. The van der Waals surface area contributed by atoms with E-state index in [2.05, 4.69) is 15.6 Å². The fraction of sp³-hybridized carbons (Fsp3) is 0.242. The minimum Gasteiger partial charge on any atom is -0.444 e. The van der Waals surface area contributed by atoms with Gasteiger partial charge in [-0.1, -0.05) is 60.7 Å². The number of hydrogen-bond acceptors (Lipinski definition) is 4. The summed E-state index contributed by atoms with van der Waals surface area (Å²) >= 11 is 0. The maximum Gasteiger partial charge on any atom is 0.408 e. The van der Waals surface area contributed by atoms with Crippen molar-refractivity contribution in [3.8, 4) is 11.1 Å². The lowest BCUT2D eigenvalue weighted by molar-refractivity contribution is -0.118. The number of carbonyl (C=O) groups is 2. The molecule has 0 saturated carbocycles. The Morgan fingerprint density at radius 1 is 0.850 bits per heavy atom. The van der Waals surface area contributed by atoms with Crippen LogP contribution in [0.2, 0.25) is 0 Å². The predicted molar refractivity (Wildman–Crippen MR) is 156 cm³/mol. The van der Waals surface area contributed by atoms with E-state index in [9.17, 15) is 9.59 Å². The molecule has 1 aromatic heterocycles. The SMILES string of the molecule is Cc1cncc(C)c1-c1ccc(NC(=O)[C@@H](NC(=O)OC(C)(C)C)C(c2ccccc2)c2ccccc2)cc1F. The second kappa shape index (κ2) is 12.1. The first-order valence-electron chi connectivity index (χ1n) is 13.1. The number of aryl methyl sites for hydroxylation is 2. The van der Waals surface area contributed by atoms with Crippen molar-refractivity contribution in [3.05, 3.63) is 119 Å². The molecular formula is C33H34FN3O3. The van der Waals surface area contributed by atoms with Crippen LogP contribution in [0.15, 0.2) is 91.3 Å². The zero-order chi connectivity index (χ0) is 28.9. The standard InChI is InChI=1S/C33H34FN3O3/c1-21-19-35-20-22(2)28(21)26-17-16-25(18-27(26)34)36-31(38)30(37-32(39)40-33(3,4)5)29(23-12-8-6-9-13-23)24-14-10-7-11-15-24/h6-20,29-30H,1-5H3,(H,36,38)(H,37,39)/t30-/m0/s1. The zero-order valence-corrected chi connectivity index (χ0v) is 23.4. The zero-order valence-electron chi connectivity index (χ0n) is 23.4. The number of amides is 2. The van der Waals surface area contributed by atoms with E-state index in [0.29, 0.717) is 5.56 Å². The molecule has 2 amide bonds. The van der Waals surface area contributed by atoms with Crippen molar-refractivity contribution in [1.82, 2.24) is 10.3 Å². The maximum absolute atomic E-state index is 15.4. The Bertz CT molecular complexity index is 1420. The van der Waals surface area contributed by atoms with E-state index in [1.807, 2.05) is 74.5 Å². The number of alkyl carbamates (subject to hydrolysis) is 1. The largest absolute Gasteiger partial charge is 0.444 e. The molecular weight excluding hydrogens is 505 g/mol. The van der Waals surface area contributed by atoms with E-state index in [4.69, 9.17) is 4.74 Å². The lowest BCUT2D eigenvalue weighted by Crippen LogP contribution is -2.49. The van der Waals surface area contributed by atoms with Gasteiger partial charge in [0.2, 0.25) is 5.91 Å². The van der Waals surface area contributed by atoms with Gasteiger partial charge in [-0.15, -0.1) is 0 Å². The fourth-order valence-corrected chi connectivity index (χ4v) is 4.77. The number of halogens is 1. The molecule has 0 radical (unpaired) electrons. The fourth-order valence-electron chi connectivity index (χ4n) is 4.77. The Balaban J connectivity index is 1.70. The highest BCUT2D eigenvalue weighted by Gasteiger charge is 2.34. The van der Waals surface area contributed by atoms with Crippen molar-refractivity contribution in [3.63, 3.8) is 0 Å². The molecule has 40 heavy (non-hydrogen) atoms. The van der Waals surface area contributed by atoms with Crippen LogP contribution in [0, 0.1) is 19.7 Å². The number of hydrogen-bond donors (Lipinski definition) is 2. The summed E-state index contributed by atoms with van der Waals surface area (Å²) in [7, 11) is 0. The normalized spacial score (nSPS) is 12.1. The van der Waals surface area contributed by atoms with E-state index in [1.54, 1.807) is 45.3 Å². The van der Waals surface area contributed by atoms with Crippen molar-refractivity contribution in [1.29, 1.82) is 0 Å². The molecule has 1 heterocycles. The monoisotopic (exact) mass is 539 g/mol. The highest BCUT2D eigenvalue weighted by molar-refractivity contribution is 5.98. The van der Waals surface area contributed by atoms with E-state index in [0.717, 1.165) is 27.8 Å². The van der Waals surface area contributed by atoms with Crippen LogP contribution in [0.3, 0.4) is 0 Å². The first-order valence-corrected chi connectivity index (χ1v) is 13.1. The molecule has 4 aromatic rings. The number of nitrogens with zero attached hydrogens (tertiary/aromatic N) is 1. The third-order valence-electron chi connectivity index (χ3n) is 6.44. The van der Waals surface area contributed by atoms with Crippen LogP contribution in [-0.4, -0.2) is 28.6 Å². The Labute approximate surface area is 234 Å². The lowest BCUT2D eigenvalue weighted by Gasteiger charge is -2.29. The summed E-state index contributed by atoms with van der Waals surface area (Å²) in [6, 6.07) is 22.4. The van der Waals surface area contributed by atoms with E-state index >= 15 is 4.39 Å². The van der Waals surface area contributed by atoms with Gasteiger partial charge in [0.05, 0.1) is 0 Å². The first kappa shape index (κ1) is 28.5. The van der Waals surface area contributed by atoms with Gasteiger partial charge in [0, 0.05) is 29.6 Å². The third-order valence-corrected chi connectivity index (χ3v) is 6.44. The number of benzene rings is 3. The van der Waals surface area contributed by atoms with Gasteiger partial charge in [-0.25, -0.2) is 9.18 Å². The van der Waals surface area contributed by atoms with Crippen molar-refractivity contribution >= 4 is 17.7 Å². The van der Waals surface area contributed by atoms with Gasteiger partial charge in [0.1, 0.15) is 17.5 Å². The van der Waals surface area contributed by atoms with E-state index in [-0.39, 0.29) is 5.69 Å². The molecule has 0 aliphatic carbocycles. The average molecular weight is 540 g/mol. The predicted octanol–water partition coefficient (Wildman–Crippen LogP) is 7.17. The van der Waals surface area contributed by atoms with E-state index < -0.39 is 35.4 Å². The Morgan fingerprint density at radius 2 is 1.40 bits per heavy atom. The third kappa shape index (κ3) is 6.91. The van der Waals surface area contributed by atoms with Gasteiger partial charge < -0.3 is 15.4 Å². The van der Waals surface area contributed by atoms with Crippen molar-refractivity contribution in [2.75, 3.05) is 5.32 Å². The number of pyridine rings is 1. The molecule has 1 atom stereocenters. The maximum atomic E-state index is 15.4. The van der Waals surface area contributed by atoms with Crippen LogP contribution in [0.4, 0.5) is 14.9 Å². The molecule has 6 nitrogen and oxygen atoms in total. The quantitative estimate of drug-likeness (QED) is 0.261. The second-order valence-corrected chi connectivity index (χ2v) is 10.8. The van der Waals surface area contributed by atoms with Crippen LogP contribution in [-0.2, 0) is 9.53 Å². The molecule has 206 valence electrons. The number of rotatable bonds is 7. The molecule has 0 aliphatic rings. The number of nitrogens with one attached hydrogen (secondary N) is 2. The van der Waals surface area contributed by atoms with Gasteiger partial charge in [-0.3, -0.25) is 9.78 Å².